The average molecular weight is 388 g/mol. The Hall–Kier alpha value is -2.37. The Kier molecular flexibility index (Phi) is 6.99. The second-order valence-corrected chi connectivity index (χ2v) is 7.11. The highest BCUT2D eigenvalue weighted by Gasteiger charge is 2.34. The molecule has 1 aliphatic rings. The van der Waals surface area contributed by atoms with E-state index in [1.165, 1.54) is 5.56 Å². The van der Waals surface area contributed by atoms with E-state index in [0.717, 1.165) is 0 Å². The summed E-state index contributed by atoms with van der Waals surface area (Å²) < 4.78 is 0. The summed E-state index contributed by atoms with van der Waals surface area (Å²) in [5.41, 5.74) is 8.75. The summed E-state index contributed by atoms with van der Waals surface area (Å²) >= 11 is 0. The minimum absolute atomic E-state index is 0. The Labute approximate surface area is 166 Å². The topological polar surface area (TPSA) is 75.4 Å². The van der Waals surface area contributed by atoms with Crippen LogP contribution in [-0.2, 0) is 4.79 Å². The lowest BCUT2D eigenvalue weighted by Gasteiger charge is -2.17. The standard InChI is InChI=1S/C21H25N3O2.ClH/c1-14(2)20(25)23-17-10-8-16(9-11-17)21(26)24-12-18(19(22)13-24)15-6-4-3-5-7-15;/h3-11,14,18-19H,12-13,22H2,1-2H3,(H,23,25);1H/t18-,19+;/m0./s1. The third-order valence-electron chi connectivity index (χ3n) is 4.80. The van der Waals surface area contributed by atoms with Gasteiger partial charge in [-0.1, -0.05) is 44.2 Å². The number of hydrogen-bond acceptors (Lipinski definition) is 3. The van der Waals surface area contributed by atoms with E-state index in [4.69, 9.17) is 5.73 Å². The van der Waals surface area contributed by atoms with Crippen molar-refractivity contribution in [3.63, 3.8) is 0 Å². The number of likely N-dealkylation sites (tertiary alicyclic amines) is 1. The van der Waals surface area contributed by atoms with Crippen LogP contribution in [0, 0.1) is 5.92 Å². The monoisotopic (exact) mass is 387 g/mol. The molecule has 144 valence electrons. The van der Waals surface area contributed by atoms with Gasteiger partial charge < -0.3 is 16.0 Å². The quantitative estimate of drug-likeness (QED) is 0.845. The number of nitrogens with zero attached hydrogens (tertiary/aromatic N) is 1. The molecule has 1 saturated heterocycles. The van der Waals surface area contributed by atoms with Crippen LogP contribution in [0.2, 0.25) is 0 Å². The second kappa shape index (κ2) is 9.02. The van der Waals surface area contributed by atoms with Crippen molar-refractivity contribution < 1.29 is 9.59 Å². The first-order chi connectivity index (χ1) is 12.5. The lowest BCUT2D eigenvalue weighted by atomic mass is 9.95. The maximum Gasteiger partial charge on any atom is 0.253 e. The predicted molar refractivity (Wildman–Crippen MR) is 110 cm³/mol. The molecule has 0 aliphatic carbocycles. The molecule has 5 nitrogen and oxygen atoms in total. The molecule has 6 heteroatoms. The van der Waals surface area contributed by atoms with Crippen LogP contribution in [0.5, 0.6) is 0 Å². The third-order valence-corrected chi connectivity index (χ3v) is 4.80. The van der Waals surface area contributed by atoms with Gasteiger partial charge >= 0.3 is 0 Å². The van der Waals surface area contributed by atoms with E-state index >= 15 is 0 Å². The van der Waals surface area contributed by atoms with Crippen LogP contribution in [0.25, 0.3) is 0 Å². The van der Waals surface area contributed by atoms with Gasteiger partial charge in [-0.25, -0.2) is 0 Å². The molecule has 3 N–H and O–H groups in total. The molecule has 3 rings (SSSR count). The van der Waals surface area contributed by atoms with Crippen LogP contribution in [0.3, 0.4) is 0 Å². The van der Waals surface area contributed by atoms with Crippen LogP contribution < -0.4 is 11.1 Å². The Morgan fingerprint density at radius 1 is 1.04 bits per heavy atom. The van der Waals surface area contributed by atoms with Crippen LogP contribution in [-0.4, -0.2) is 35.8 Å². The zero-order valence-electron chi connectivity index (χ0n) is 15.6. The Balaban J connectivity index is 0.00000261. The fourth-order valence-corrected chi connectivity index (χ4v) is 3.21. The van der Waals surface area contributed by atoms with E-state index in [0.29, 0.717) is 24.3 Å². The zero-order chi connectivity index (χ0) is 18.7. The van der Waals surface area contributed by atoms with Crippen molar-refractivity contribution in [2.75, 3.05) is 18.4 Å². The van der Waals surface area contributed by atoms with Gasteiger partial charge in [-0.2, -0.15) is 0 Å². The van der Waals surface area contributed by atoms with Gasteiger partial charge in [-0.05, 0) is 29.8 Å². The fraction of sp³-hybridized carbons (Fsp3) is 0.333. The molecule has 0 saturated carbocycles. The van der Waals surface area contributed by atoms with E-state index in [2.05, 4.69) is 17.4 Å². The van der Waals surface area contributed by atoms with Gasteiger partial charge in [-0.3, -0.25) is 9.59 Å². The van der Waals surface area contributed by atoms with Gasteiger partial charge in [0.2, 0.25) is 5.91 Å². The molecule has 2 aromatic carbocycles. The summed E-state index contributed by atoms with van der Waals surface area (Å²) in [5.74, 6) is 0.00276. The molecule has 1 aliphatic heterocycles. The molecule has 2 atom stereocenters. The summed E-state index contributed by atoms with van der Waals surface area (Å²) in [6, 6.07) is 17.1. The predicted octanol–water partition coefficient (Wildman–Crippen LogP) is 3.27. The molecule has 1 heterocycles. The molecule has 2 aromatic rings. The van der Waals surface area contributed by atoms with Crippen LogP contribution in [0.15, 0.2) is 54.6 Å². The van der Waals surface area contributed by atoms with Gasteiger partial charge in [0.05, 0.1) is 0 Å². The molecule has 0 spiro atoms. The number of nitrogens with two attached hydrogens (primary N) is 1. The summed E-state index contributed by atoms with van der Waals surface area (Å²) in [6.45, 7) is 4.85. The van der Waals surface area contributed by atoms with E-state index in [1.54, 1.807) is 24.3 Å². The highest BCUT2D eigenvalue weighted by Crippen LogP contribution is 2.27. The molecular formula is C21H26ClN3O2. The van der Waals surface area contributed by atoms with Crippen LogP contribution in [0.1, 0.15) is 35.7 Å². The highest BCUT2D eigenvalue weighted by atomic mass is 35.5. The smallest absolute Gasteiger partial charge is 0.253 e. The average Bonchev–Trinajstić information content (AvgIpc) is 3.04. The summed E-state index contributed by atoms with van der Waals surface area (Å²) in [4.78, 5) is 26.4. The fourth-order valence-electron chi connectivity index (χ4n) is 3.21. The number of benzene rings is 2. The number of hydrogen-bond donors (Lipinski definition) is 2. The van der Waals surface area contributed by atoms with Crippen molar-refractivity contribution >= 4 is 29.9 Å². The van der Waals surface area contributed by atoms with E-state index in [9.17, 15) is 9.59 Å². The number of halogens is 1. The van der Waals surface area contributed by atoms with Gasteiger partial charge in [-0.15, -0.1) is 12.4 Å². The molecular weight excluding hydrogens is 362 g/mol. The number of nitrogens with one attached hydrogen (secondary N) is 1. The van der Waals surface area contributed by atoms with E-state index in [1.807, 2.05) is 36.9 Å². The summed E-state index contributed by atoms with van der Waals surface area (Å²) in [7, 11) is 0. The SMILES string of the molecule is CC(C)C(=O)Nc1ccc(C(=O)N2C[C@@H](N)[C@H](c3ccccc3)C2)cc1.Cl. The van der Waals surface area contributed by atoms with Crippen molar-refractivity contribution in [1.82, 2.24) is 4.90 Å². The van der Waals surface area contributed by atoms with Crippen molar-refractivity contribution in [1.29, 1.82) is 0 Å². The third kappa shape index (κ3) is 4.87. The first kappa shape index (κ1) is 20.9. The number of anilines is 1. The Morgan fingerprint density at radius 3 is 2.26 bits per heavy atom. The van der Waals surface area contributed by atoms with Crippen molar-refractivity contribution in [2.45, 2.75) is 25.8 Å². The summed E-state index contributed by atoms with van der Waals surface area (Å²) in [6.07, 6.45) is 0. The van der Waals surface area contributed by atoms with Crippen molar-refractivity contribution in [3.8, 4) is 0 Å². The van der Waals surface area contributed by atoms with Crippen molar-refractivity contribution in [3.05, 3.63) is 65.7 Å². The minimum Gasteiger partial charge on any atom is -0.336 e. The number of rotatable bonds is 4. The number of carbonyl (C=O) groups excluding carboxylic acids is 2. The molecule has 0 radical (unpaired) electrons. The molecule has 0 aromatic heterocycles. The molecule has 0 unspecified atom stereocenters. The lowest BCUT2D eigenvalue weighted by molar-refractivity contribution is -0.118. The normalized spacial score (nSPS) is 18.9. The number of carbonyl (C=O) groups is 2. The maximum absolute atomic E-state index is 12.8. The first-order valence-electron chi connectivity index (χ1n) is 8.96. The second-order valence-electron chi connectivity index (χ2n) is 7.11. The first-order valence-corrected chi connectivity index (χ1v) is 8.96. The van der Waals surface area contributed by atoms with Crippen LogP contribution >= 0.6 is 12.4 Å². The molecule has 27 heavy (non-hydrogen) atoms. The molecule has 1 fully saturated rings. The maximum atomic E-state index is 12.8. The lowest BCUT2D eigenvalue weighted by Crippen LogP contribution is -2.32. The zero-order valence-corrected chi connectivity index (χ0v) is 16.4. The Morgan fingerprint density at radius 2 is 1.67 bits per heavy atom. The molecule has 0 bridgehead atoms. The van der Waals surface area contributed by atoms with Crippen LogP contribution in [0.4, 0.5) is 5.69 Å². The Bertz CT molecular complexity index is 778. The van der Waals surface area contributed by atoms with Crippen molar-refractivity contribution in [2.24, 2.45) is 11.7 Å². The van der Waals surface area contributed by atoms with Gasteiger partial charge in [0, 0.05) is 42.2 Å². The van der Waals surface area contributed by atoms with Gasteiger partial charge in [0.1, 0.15) is 0 Å². The summed E-state index contributed by atoms with van der Waals surface area (Å²) in [5, 5.41) is 2.83. The van der Waals surface area contributed by atoms with Gasteiger partial charge in [0.15, 0.2) is 0 Å². The molecule has 2 amide bonds. The largest absolute Gasteiger partial charge is 0.336 e. The number of amides is 2. The van der Waals surface area contributed by atoms with E-state index in [-0.39, 0.29) is 42.1 Å². The van der Waals surface area contributed by atoms with Gasteiger partial charge in [0.25, 0.3) is 5.91 Å². The highest BCUT2D eigenvalue weighted by molar-refractivity contribution is 5.96. The minimum atomic E-state index is -0.0858. The van der Waals surface area contributed by atoms with E-state index < -0.39 is 0 Å².